The van der Waals surface area contributed by atoms with E-state index < -0.39 is 0 Å². The third-order valence-electron chi connectivity index (χ3n) is 2.27. The van der Waals surface area contributed by atoms with Crippen molar-refractivity contribution in [1.82, 2.24) is 4.90 Å². The average molecular weight is 258 g/mol. The molecule has 0 aromatic heterocycles. The van der Waals surface area contributed by atoms with Crippen LogP contribution in [0.25, 0.3) is 0 Å². The summed E-state index contributed by atoms with van der Waals surface area (Å²) >= 11 is 1.44. The fraction of sp³-hybridized carbons (Fsp3) is 1.00. The molecule has 0 aromatic carbocycles. The summed E-state index contributed by atoms with van der Waals surface area (Å²) in [4.78, 5) is 2.67. The molecule has 0 aliphatic rings. The molecule has 74 valence electrons. The molecule has 3 heteroatoms. The molecule has 13 heavy (non-hydrogen) atoms. The van der Waals surface area contributed by atoms with E-state index in [9.17, 15) is 0 Å². The molecule has 0 amide bonds. The Kier molecular flexibility index (Phi) is 12.9. The molecule has 0 saturated carbocycles. The van der Waals surface area contributed by atoms with Crippen LogP contribution in [0, 0.1) is 0 Å². The van der Waals surface area contributed by atoms with Gasteiger partial charge in [0.25, 0.3) is 0 Å². The Labute approximate surface area is 104 Å². The van der Waals surface area contributed by atoms with E-state index in [1.165, 1.54) is 76.0 Å². The van der Waals surface area contributed by atoms with E-state index in [4.69, 9.17) is 0 Å². The molecule has 1 nitrogen and oxygen atoms in total. The summed E-state index contributed by atoms with van der Waals surface area (Å²) in [7, 11) is 0.997. The van der Waals surface area contributed by atoms with Crippen LogP contribution < -0.4 is 0 Å². The summed E-state index contributed by atoms with van der Waals surface area (Å²) in [6.45, 7) is 8.63. The first-order chi connectivity index (χ1) is 6.35. The van der Waals surface area contributed by atoms with Gasteiger partial charge < -0.3 is 0 Å². The van der Waals surface area contributed by atoms with Crippen molar-refractivity contribution in [2.45, 2.75) is 44.9 Å². The maximum absolute atomic E-state index is 2.67. The SMILES string of the molecule is CCCCN(CCCC)CC[Se][Na]. The number of unbranched alkanes of at least 4 members (excludes halogenated alkanes) is 2. The van der Waals surface area contributed by atoms with Gasteiger partial charge in [-0.1, -0.05) is 0 Å². The van der Waals surface area contributed by atoms with Gasteiger partial charge in [0.1, 0.15) is 0 Å². The van der Waals surface area contributed by atoms with Crippen molar-refractivity contribution in [2.75, 3.05) is 19.6 Å². The van der Waals surface area contributed by atoms with E-state index in [-0.39, 0.29) is 0 Å². The second-order valence-corrected chi connectivity index (χ2v) is 8.61. The predicted molar refractivity (Wildman–Crippen MR) is 62.6 cm³/mol. The van der Waals surface area contributed by atoms with Gasteiger partial charge in [-0.05, 0) is 0 Å². The molecular formula is C10H22NNaSe. The summed E-state index contributed by atoms with van der Waals surface area (Å²) in [5.41, 5.74) is 0. The molecule has 0 rings (SSSR count). The van der Waals surface area contributed by atoms with Crippen LogP contribution in [0.1, 0.15) is 39.5 Å². The van der Waals surface area contributed by atoms with Crippen LogP contribution in [-0.2, 0) is 0 Å². The van der Waals surface area contributed by atoms with E-state index >= 15 is 0 Å². The molecule has 0 saturated heterocycles. The van der Waals surface area contributed by atoms with Crippen molar-refractivity contribution in [3.8, 4) is 0 Å². The van der Waals surface area contributed by atoms with Gasteiger partial charge in [-0.25, -0.2) is 0 Å². The van der Waals surface area contributed by atoms with E-state index in [0.29, 0.717) is 0 Å². The van der Waals surface area contributed by atoms with Gasteiger partial charge in [0.15, 0.2) is 0 Å². The Hall–Kier alpha value is 1.48. The standard InChI is InChI=1S/C10H23NSe.Na/c1-3-5-7-11(9-10-12)8-6-4-2;/h12H,3-10H2,1-2H3;/q;+1/p-1. The summed E-state index contributed by atoms with van der Waals surface area (Å²) in [5, 5.41) is 1.49. The second-order valence-electron chi connectivity index (χ2n) is 3.54. The van der Waals surface area contributed by atoms with Crippen molar-refractivity contribution in [3.05, 3.63) is 0 Å². The van der Waals surface area contributed by atoms with Crippen molar-refractivity contribution >= 4 is 35.9 Å². The Morgan fingerprint density at radius 1 is 1.00 bits per heavy atom. The molecular weight excluding hydrogens is 236 g/mol. The molecule has 0 heterocycles. The minimum atomic E-state index is 0.997. The zero-order valence-electron chi connectivity index (χ0n) is 9.51. The molecule has 0 aromatic rings. The van der Waals surface area contributed by atoms with Crippen LogP contribution in [0.5, 0.6) is 0 Å². The number of nitrogens with zero attached hydrogens (tertiary/aromatic N) is 1. The van der Waals surface area contributed by atoms with Crippen molar-refractivity contribution in [2.24, 2.45) is 0 Å². The van der Waals surface area contributed by atoms with E-state index in [1.807, 2.05) is 0 Å². The van der Waals surface area contributed by atoms with Gasteiger partial charge in [-0.3, -0.25) is 0 Å². The second kappa shape index (κ2) is 11.6. The molecule has 0 spiro atoms. The Balaban J connectivity index is 3.47. The summed E-state index contributed by atoms with van der Waals surface area (Å²) in [6, 6.07) is 0. The Morgan fingerprint density at radius 2 is 1.54 bits per heavy atom. The zero-order valence-corrected chi connectivity index (χ0v) is 13.2. The average Bonchev–Trinajstić information content (AvgIpc) is 2.17. The molecule has 0 aliphatic carbocycles. The van der Waals surface area contributed by atoms with Gasteiger partial charge in [0, 0.05) is 0 Å². The van der Waals surface area contributed by atoms with Crippen LogP contribution in [0.4, 0.5) is 0 Å². The Morgan fingerprint density at radius 3 is 1.92 bits per heavy atom. The summed E-state index contributed by atoms with van der Waals surface area (Å²) in [5.74, 6) is 0. The summed E-state index contributed by atoms with van der Waals surface area (Å²) in [6.07, 6.45) is 5.46. The predicted octanol–water partition coefficient (Wildman–Crippen LogP) is 2.09. The quantitative estimate of drug-likeness (QED) is 0.572. The summed E-state index contributed by atoms with van der Waals surface area (Å²) < 4.78 is 0. The first-order valence-electron chi connectivity index (χ1n) is 5.56. The third kappa shape index (κ3) is 9.78. The fourth-order valence-electron chi connectivity index (χ4n) is 1.32. The third-order valence-corrected chi connectivity index (χ3v) is 5.63. The fourth-order valence-corrected chi connectivity index (χ4v) is 3.19. The topological polar surface area (TPSA) is 3.24 Å². The van der Waals surface area contributed by atoms with E-state index in [1.54, 1.807) is 0 Å². The van der Waals surface area contributed by atoms with Gasteiger partial charge in [0.2, 0.25) is 0 Å². The van der Waals surface area contributed by atoms with Gasteiger partial charge in [-0.15, -0.1) is 0 Å². The molecule has 0 N–H and O–H groups in total. The van der Waals surface area contributed by atoms with Gasteiger partial charge in [0.05, 0.1) is 0 Å². The first-order valence-corrected chi connectivity index (χ1v) is 12.7. The normalized spacial score (nSPS) is 11.2. The van der Waals surface area contributed by atoms with E-state index in [0.717, 1.165) is 10.5 Å². The molecule has 0 bridgehead atoms. The molecule has 0 aliphatic heterocycles. The van der Waals surface area contributed by atoms with Crippen LogP contribution in [0.2, 0.25) is 5.32 Å². The van der Waals surface area contributed by atoms with Crippen molar-refractivity contribution in [3.63, 3.8) is 0 Å². The van der Waals surface area contributed by atoms with Gasteiger partial charge in [-0.2, -0.15) is 0 Å². The molecule has 0 radical (unpaired) electrons. The van der Waals surface area contributed by atoms with Crippen molar-refractivity contribution in [1.29, 1.82) is 0 Å². The van der Waals surface area contributed by atoms with Crippen LogP contribution in [0.15, 0.2) is 0 Å². The Bertz CT molecular complexity index is 81.9. The van der Waals surface area contributed by atoms with Crippen LogP contribution >= 0.6 is 0 Å². The maximum atomic E-state index is 2.67. The molecule has 0 atom stereocenters. The van der Waals surface area contributed by atoms with Crippen LogP contribution in [-0.4, -0.2) is 60.4 Å². The van der Waals surface area contributed by atoms with Crippen molar-refractivity contribution < 1.29 is 0 Å². The monoisotopic (exact) mass is 259 g/mol. The minimum absolute atomic E-state index is 0.997. The number of hydrogen-bond donors (Lipinski definition) is 0. The first kappa shape index (κ1) is 14.5. The molecule has 0 unspecified atom stereocenters. The van der Waals surface area contributed by atoms with Gasteiger partial charge >= 0.3 is 105 Å². The van der Waals surface area contributed by atoms with E-state index in [2.05, 4.69) is 18.7 Å². The zero-order chi connectivity index (χ0) is 9.94. The number of hydrogen-bond acceptors (Lipinski definition) is 1. The number of rotatable bonds is 9. The molecule has 0 fully saturated rings. The van der Waals surface area contributed by atoms with Crippen LogP contribution in [0.3, 0.4) is 0 Å².